The van der Waals surface area contributed by atoms with Gasteiger partial charge in [-0.15, -0.1) is 0 Å². The van der Waals surface area contributed by atoms with Gasteiger partial charge < -0.3 is 5.32 Å². The van der Waals surface area contributed by atoms with E-state index >= 15 is 0 Å². The normalized spacial score (nSPS) is 17.6. The van der Waals surface area contributed by atoms with E-state index in [-0.39, 0.29) is 6.04 Å². The van der Waals surface area contributed by atoms with E-state index in [9.17, 15) is 21.6 Å². The van der Waals surface area contributed by atoms with Crippen molar-refractivity contribution in [1.82, 2.24) is 9.62 Å². The van der Waals surface area contributed by atoms with Crippen LogP contribution in [0.2, 0.25) is 0 Å². The van der Waals surface area contributed by atoms with Gasteiger partial charge in [-0.2, -0.15) is 4.31 Å². The van der Waals surface area contributed by atoms with E-state index in [1.807, 2.05) is 0 Å². The van der Waals surface area contributed by atoms with E-state index in [0.717, 1.165) is 4.31 Å². The molecule has 1 N–H and O–H groups in total. The van der Waals surface area contributed by atoms with Crippen LogP contribution in [-0.4, -0.2) is 38.9 Å². The lowest BCUT2D eigenvalue weighted by atomic mass is 10.1. The summed E-state index contributed by atoms with van der Waals surface area (Å²) < 4.78 is 64.9. The van der Waals surface area contributed by atoms with Gasteiger partial charge in [-0.3, -0.25) is 0 Å². The maximum atomic E-state index is 13.2. The van der Waals surface area contributed by atoms with Crippen molar-refractivity contribution in [2.45, 2.75) is 23.8 Å². The van der Waals surface area contributed by atoms with Crippen LogP contribution < -0.4 is 5.32 Å². The Labute approximate surface area is 115 Å². The first-order valence-electron chi connectivity index (χ1n) is 6.17. The molecule has 0 spiro atoms. The van der Waals surface area contributed by atoms with Gasteiger partial charge in [0, 0.05) is 13.1 Å². The third-order valence-electron chi connectivity index (χ3n) is 3.46. The Hall–Kier alpha value is -1.12. The third kappa shape index (κ3) is 2.82. The molecule has 1 heterocycles. The highest BCUT2D eigenvalue weighted by Crippen LogP contribution is 2.23. The lowest BCUT2D eigenvalue weighted by molar-refractivity contribution is 0.296. The Balaban J connectivity index is 2.34. The fraction of sp³-hybridized carbons (Fsp3) is 0.500. The van der Waals surface area contributed by atoms with E-state index in [1.165, 1.54) is 7.05 Å². The monoisotopic (exact) mass is 308 g/mol. The van der Waals surface area contributed by atoms with Gasteiger partial charge in [-0.25, -0.2) is 21.6 Å². The Morgan fingerprint density at radius 1 is 1.15 bits per heavy atom. The van der Waals surface area contributed by atoms with Crippen LogP contribution in [0.1, 0.15) is 12.8 Å². The average Bonchev–Trinajstić information content (AvgIpc) is 2.44. The van der Waals surface area contributed by atoms with Gasteiger partial charge in [0.05, 0.1) is 4.90 Å². The van der Waals surface area contributed by atoms with Gasteiger partial charge in [0.1, 0.15) is 0 Å². The van der Waals surface area contributed by atoms with Crippen LogP contribution >= 0.6 is 0 Å². The minimum atomic E-state index is -4.04. The number of nitrogens with one attached hydrogen (secondary N) is 1. The summed E-state index contributed by atoms with van der Waals surface area (Å²) in [5.41, 5.74) is 0. The van der Waals surface area contributed by atoms with Crippen molar-refractivity contribution >= 4 is 10.0 Å². The highest BCUT2D eigenvalue weighted by atomic mass is 32.2. The first-order valence-corrected chi connectivity index (χ1v) is 7.61. The second-order valence-electron chi connectivity index (χ2n) is 4.70. The molecule has 0 radical (unpaired) electrons. The first kappa shape index (κ1) is 15.3. The molecule has 1 aromatic carbocycles. The zero-order valence-corrected chi connectivity index (χ0v) is 11.7. The zero-order valence-electron chi connectivity index (χ0n) is 10.9. The maximum absolute atomic E-state index is 13.2. The van der Waals surface area contributed by atoms with Crippen LogP contribution in [-0.2, 0) is 10.0 Å². The summed E-state index contributed by atoms with van der Waals surface area (Å²) in [6, 6.07) is 0.772. The summed E-state index contributed by atoms with van der Waals surface area (Å²) in [6.07, 6.45) is 1.23. The molecule has 0 amide bonds. The molecule has 1 aromatic rings. The van der Waals surface area contributed by atoms with Gasteiger partial charge in [-0.05, 0) is 38.1 Å². The average molecular weight is 308 g/mol. The Bertz CT molecular complexity index is 578. The van der Waals surface area contributed by atoms with E-state index in [1.54, 1.807) is 0 Å². The number of sulfonamides is 1. The Kier molecular flexibility index (Phi) is 4.36. The quantitative estimate of drug-likeness (QED) is 0.861. The lowest BCUT2D eigenvalue weighted by Crippen LogP contribution is -2.43. The van der Waals surface area contributed by atoms with Crippen LogP contribution in [0.5, 0.6) is 0 Å². The molecular weight excluding hydrogens is 293 g/mol. The molecular formula is C12H15F3N2O2S. The maximum Gasteiger partial charge on any atom is 0.243 e. The number of hydrogen-bond donors (Lipinski definition) is 1. The fourth-order valence-corrected chi connectivity index (χ4v) is 3.65. The molecule has 20 heavy (non-hydrogen) atoms. The summed E-state index contributed by atoms with van der Waals surface area (Å²) in [7, 11) is -2.68. The molecule has 112 valence electrons. The molecule has 0 unspecified atom stereocenters. The molecule has 0 bridgehead atoms. The van der Waals surface area contributed by atoms with Crippen molar-refractivity contribution in [3.8, 4) is 0 Å². The van der Waals surface area contributed by atoms with Crippen molar-refractivity contribution in [2.75, 3.05) is 20.1 Å². The van der Waals surface area contributed by atoms with Gasteiger partial charge >= 0.3 is 0 Å². The molecule has 0 atom stereocenters. The predicted molar refractivity (Wildman–Crippen MR) is 67.2 cm³/mol. The molecule has 1 saturated heterocycles. The van der Waals surface area contributed by atoms with Crippen molar-refractivity contribution in [2.24, 2.45) is 0 Å². The number of benzene rings is 1. The van der Waals surface area contributed by atoms with Crippen LogP contribution in [0.3, 0.4) is 0 Å². The predicted octanol–water partition coefficient (Wildman–Crippen LogP) is 1.48. The van der Waals surface area contributed by atoms with Crippen LogP contribution in [0.4, 0.5) is 13.2 Å². The summed E-state index contributed by atoms with van der Waals surface area (Å²) in [5, 5.41) is 3.10. The van der Waals surface area contributed by atoms with E-state index in [0.29, 0.717) is 38.1 Å². The van der Waals surface area contributed by atoms with Gasteiger partial charge in [-0.1, -0.05) is 0 Å². The van der Waals surface area contributed by atoms with Crippen LogP contribution in [0.25, 0.3) is 0 Å². The summed E-state index contributed by atoms with van der Waals surface area (Å²) >= 11 is 0. The van der Waals surface area contributed by atoms with Gasteiger partial charge in [0.15, 0.2) is 17.5 Å². The highest BCUT2D eigenvalue weighted by Gasteiger charge is 2.30. The second kappa shape index (κ2) is 5.71. The van der Waals surface area contributed by atoms with E-state index in [4.69, 9.17) is 0 Å². The minimum absolute atomic E-state index is 0.238. The number of rotatable bonds is 3. The molecule has 1 aliphatic rings. The van der Waals surface area contributed by atoms with Gasteiger partial charge in [0.2, 0.25) is 10.0 Å². The van der Waals surface area contributed by atoms with E-state index < -0.39 is 32.4 Å². The zero-order chi connectivity index (χ0) is 14.9. The first-order chi connectivity index (χ1) is 9.34. The van der Waals surface area contributed by atoms with Gasteiger partial charge in [0.25, 0.3) is 0 Å². The van der Waals surface area contributed by atoms with Crippen molar-refractivity contribution in [1.29, 1.82) is 0 Å². The van der Waals surface area contributed by atoms with E-state index in [2.05, 4.69) is 5.32 Å². The second-order valence-corrected chi connectivity index (χ2v) is 6.70. The molecule has 0 aromatic heterocycles. The highest BCUT2D eigenvalue weighted by molar-refractivity contribution is 7.89. The SMILES string of the molecule is CN(C1CCNCC1)S(=O)(=O)c1cc(F)c(F)c(F)c1. The summed E-state index contributed by atoms with van der Waals surface area (Å²) in [5.74, 6) is -4.70. The molecule has 0 aliphatic carbocycles. The smallest absolute Gasteiger partial charge is 0.243 e. The third-order valence-corrected chi connectivity index (χ3v) is 5.35. The van der Waals surface area contributed by atoms with Crippen molar-refractivity contribution in [3.63, 3.8) is 0 Å². The Morgan fingerprint density at radius 2 is 1.65 bits per heavy atom. The van der Waals surface area contributed by atoms with Crippen molar-refractivity contribution < 1.29 is 21.6 Å². The summed E-state index contributed by atoms with van der Waals surface area (Å²) in [4.78, 5) is -0.574. The number of hydrogen-bond acceptors (Lipinski definition) is 3. The standard InChI is InChI=1S/C12H15F3N2O2S/c1-17(8-2-4-16-5-3-8)20(18,19)9-6-10(13)12(15)11(14)7-9/h6-8,16H,2-5H2,1H3. The van der Waals surface area contributed by atoms with Crippen LogP contribution in [0, 0.1) is 17.5 Å². The minimum Gasteiger partial charge on any atom is -0.317 e. The topological polar surface area (TPSA) is 49.4 Å². The van der Waals surface area contributed by atoms with Crippen LogP contribution in [0.15, 0.2) is 17.0 Å². The summed E-state index contributed by atoms with van der Waals surface area (Å²) in [6.45, 7) is 1.35. The molecule has 8 heteroatoms. The number of nitrogens with zero attached hydrogens (tertiary/aromatic N) is 1. The Morgan fingerprint density at radius 3 is 2.15 bits per heavy atom. The molecule has 0 saturated carbocycles. The molecule has 4 nitrogen and oxygen atoms in total. The fourth-order valence-electron chi connectivity index (χ4n) is 2.21. The largest absolute Gasteiger partial charge is 0.317 e. The van der Waals surface area contributed by atoms with Crippen molar-refractivity contribution in [3.05, 3.63) is 29.6 Å². The number of halogens is 3. The molecule has 1 aliphatic heterocycles. The number of piperidine rings is 1. The molecule has 1 fully saturated rings. The lowest BCUT2D eigenvalue weighted by Gasteiger charge is -2.30. The molecule has 2 rings (SSSR count).